The third-order valence-corrected chi connectivity index (χ3v) is 2.21. The van der Waals surface area contributed by atoms with Crippen LogP contribution in [0.2, 0.25) is 0 Å². The normalized spacial score (nSPS) is 35.3. The Balaban J connectivity index is 2.14. The first-order valence-corrected chi connectivity index (χ1v) is 4.01. The molecule has 1 aliphatic carbocycles. The molecule has 0 aromatic heterocycles. The number of hydrogen-bond acceptors (Lipinski definition) is 1. The molecule has 1 fully saturated rings. The lowest BCUT2D eigenvalue weighted by Gasteiger charge is -2.04. The highest BCUT2D eigenvalue weighted by atomic mass is 16.3. The van der Waals surface area contributed by atoms with E-state index in [1.165, 1.54) is 19.3 Å². The van der Waals surface area contributed by atoms with Crippen LogP contribution in [0.15, 0.2) is 0 Å². The van der Waals surface area contributed by atoms with Gasteiger partial charge in [-0.3, -0.25) is 0 Å². The van der Waals surface area contributed by atoms with Gasteiger partial charge in [0.1, 0.15) is 0 Å². The van der Waals surface area contributed by atoms with E-state index in [0.717, 1.165) is 18.8 Å². The van der Waals surface area contributed by atoms with Crippen LogP contribution in [0.1, 0.15) is 39.0 Å². The van der Waals surface area contributed by atoms with Crippen molar-refractivity contribution in [3.05, 3.63) is 0 Å². The van der Waals surface area contributed by atoms with Gasteiger partial charge in [-0.05, 0) is 25.2 Å². The Hall–Kier alpha value is -0.0400. The Kier molecular flexibility index (Phi) is 2.52. The van der Waals surface area contributed by atoms with E-state index >= 15 is 0 Å². The highest BCUT2D eigenvalue weighted by Crippen LogP contribution is 2.28. The second-order valence-corrected chi connectivity index (χ2v) is 3.12. The highest BCUT2D eigenvalue weighted by Gasteiger charge is 2.21. The summed E-state index contributed by atoms with van der Waals surface area (Å²) in [6, 6.07) is 0. The molecule has 1 rings (SSSR count). The van der Waals surface area contributed by atoms with E-state index in [1.54, 1.807) is 0 Å². The standard InChI is InChI=1S/C8H16O/c1-2-3-7-4-5-8(9)6-7/h7-9H,2-6H2,1H3/t7-,8+/m0/s1. The van der Waals surface area contributed by atoms with Gasteiger partial charge in [0, 0.05) is 0 Å². The van der Waals surface area contributed by atoms with E-state index in [4.69, 9.17) is 5.11 Å². The van der Waals surface area contributed by atoms with Gasteiger partial charge >= 0.3 is 0 Å². The molecule has 0 heterocycles. The SMILES string of the molecule is CCC[C@H]1CC[C@@H](O)C1. The molecular weight excluding hydrogens is 112 g/mol. The topological polar surface area (TPSA) is 20.2 Å². The molecule has 9 heavy (non-hydrogen) atoms. The number of aliphatic hydroxyl groups is 1. The van der Waals surface area contributed by atoms with Crippen LogP contribution in [0.4, 0.5) is 0 Å². The molecule has 1 saturated carbocycles. The summed E-state index contributed by atoms with van der Waals surface area (Å²) in [5, 5.41) is 9.13. The van der Waals surface area contributed by atoms with Gasteiger partial charge in [-0.15, -0.1) is 0 Å². The van der Waals surface area contributed by atoms with Gasteiger partial charge in [0.05, 0.1) is 6.10 Å². The van der Waals surface area contributed by atoms with Gasteiger partial charge in [-0.1, -0.05) is 19.8 Å². The molecule has 0 saturated heterocycles. The van der Waals surface area contributed by atoms with Crippen molar-refractivity contribution in [2.45, 2.75) is 45.1 Å². The smallest absolute Gasteiger partial charge is 0.0543 e. The summed E-state index contributed by atoms with van der Waals surface area (Å²) in [6.07, 6.45) is 5.99. The molecule has 0 aliphatic heterocycles. The van der Waals surface area contributed by atoms with E-state index in [0.29, 0.717) is 0 Å². The summed E-state index contributed by atoms with van der Waals surface area (Å²) < 4.78 is 0. The van der Waals surface area contributed by atoms with Gasteiger partial charge < -0.3 is 5.11 Å². The van der Waals surface area contributed by atoms with Crippen LogP contribution >= 0.6 is 0 Å². The summed E-state index contributed by atoms with van der Waals surface area (Å²) in [7, 11) is 0. The van der Waals surface area contributed by atoms with Crippen molar-refractivity contribution >= 4 is 0 Å². The van der Waals surface area contributed by atoms with Crippen LogP contribution in [0.5, 0.6) is 0 Å². The van der Waals surface area contributed by atoms with E-state index in [1.807, 2.05) is 0 Å². The maximum atomic E-state index is 9.13. The van der Waals surface area contributed by atoms with Gasteiger partial charge in [0.25, 0.3) is 0 Å². The van der Waals surface area contributed by atoms with Crippen molar-refractivity contribution in [3.8, 4) is 0 Å². The predicted octanol–water partition coefficient (Wildman–Crippen LogP) is 1.95. The van der Waals surface area contributed by atoms with Crippen molar-refractivity contribution in [3.63, 3.8) is 0 Å². The molecule has 0 aromatic rings. The second-order valence-electron chi connectivity index (χ2n) is 3.12. The fraction of sp³-hybridized carbons (Fsp3) is 1.00. The molecule has 1 nitrogen and oxygen atoms in total. The minimum atomic E-state index is 0.0292. The van der Waals surface area contributed by atoms with Crippen molar-refractivity contribution in [1.82, 2.24) is 0 Å². The minimum absolute atomic E-state index is 0.0292. The van der Waals surface area contributed by atoms with Crippen LogP contribution < -0.4 is 0 Å². The summed E-state index contributed by atoms with van der Waals surface area (Å²) in [4.78, 5) is 0. The number of hydrogen-bond donors (Lipinski definition) is 1. The highest BCUT2D eigenvalue weighted by molar-refractivity contribution is 4.73. The average Bonchev–Trinajstić information content (AvgIpc) is 2.17. The molecule has 0 bridgehead atoms. The maximum Gasteiger partial charge on any atom is 0.0543 e. The molecule has 1 aliphatic rings. The first kappa shape index (κ1) is 7.07. The van der Waals surface area contributed by atoms with E-state index < -0.39 is 0 Å². The van der Waals surface area contributed by atoms with Crippen LogP contribution in [0.25, 0.3) is 0 Å². The summed E-state index contributed by atoms with van der Waals surface area (Å²) >= 11 is 0. The average molecular weight is 128 g/mol. The fourth-order valence-corrected chi connectivity index (χ4v) is 1.72. The maximum absolute atomic E-state index is 9.13. The molecule has 1 N–H and O–H groups in total. The molecule has 0 unspecified atom stereocenters. The molecule has 0 spiro atoms. The molecular formula is C8H16O. The summed E-state index contributed by atoms with van der Waals surface area (Å²) in [5.41, 5.74) is 0. The first-order valence-electron chi connectivity index (χ1n) is 4.01. The van der Waals surface area contributed by atoms with Crippen LogP contribution in [0, 0.1) is 5.92 Å². The lowest BCUT2D eigenvalue weighted by Crippen LogP contribution is -1.99. The van der Waals surface area contributed by atoms with Crippen LogP contribution in [-0.4, -0.2) is 11.2 Å². The lowest BCUT2D eigenvalue weighted by molar-refractivity contribution is 0.177. The van der Waals surface area contributed by atoms with Crippen molar-refractivity contribution in [2.75, 3.05) is 0 Å². The minimum Gasteiger partial charge on any atom is -0.393 e. The fourth-order valence-electron chi connectivity index (χ4n) is 1.72. The Labute approximate surface area is 57.1 Å². The summed E-state index contributed by atoms with van der Waals surface area (Å²) in [5.74, 6) is 0.838. The van der Waals surface area contributed by atoms with Crippen LogP contribution in [-0.2, 0) is 0 Å². The van der Waals surface area contributed by atoms with E-state index in [2.05, 4.69) is 6.92 Å². The quantitative estimate of drug-likeness (QED) is 0.602. The molecule has 0 amide bonds. The first-order chi connectivity index (χ1) is 4.33. The molecule has 54 valence electrons. The predicted molar refractivity (Wildman–Crippen MR) is 38.3 cm³/mol. The van der Waals surface area contributed by atoms with Gasteiger partial charge in [-0.25, -0.2) is 0 Å². The largest absolute Gasteiger partial charge is 0.393 e. The second kappa shape index (κ2) is 3.21. The van der Waals surface area contributed by atoms with Crippen molar-refractivity contribution in [1.29, 1.82) is 0 Å². The summed E-state index contributed by atoms with van der Waals surface area (Å²) in [6.45, 7) is 2.21. The Morgan fingerprint density at radius 1 is 1.44 bits per heavy atom. The van der Waals surface area contributed by atoms with Gasteiger partial charge in [0.15, 0.2) is 0 Å². The van der Waals surface area contributed by atoms with E-state index in [-0.39, 0.29) is 6.10 Å². The monoisotopic (exact) mass is 128 g/mol. The zero-order chi connectivity index (χ0) is 6.69. The molecule has 0 aromatic carbocycles. The van der Waals surface area contributed by atoms with Gasteiger partial charge in [0.2, 0.25) is 0 Å². The van der Waals surface area contributed by atoms with Crippen LogP contribution in [0.3, 0.4) is 0 Å². The zero-order valence-corrected chi connectivity index (χ0v) is 6.14. The zero-order valence-electron chi connectivity index (χ0n) is 6.14. The number of aliphatic hydroxyl groups excluding tert-OH is 1. The Morgan fingerprint density at radius 3 is 2.67 bits per heavy atom. The molecule has 1 heteroatoms. The molecule has 0 radical (unpaired) electrons. The van der Waals surface area contributed by atoms with Crippen molar-refractivity contribution in [2.24, 2.45) is 5.92 Å². The van der Waals surface area contributed by atoms with Crippen molar-refractivity contribution < 1.29 is 5.11 Å². The van der Waals surface area contributed by atoms with Gasteiger partial charge in [-0.2, -0.15) is 0 Å². The number of rotatable bonds is 2. The third-order valence-electron chi connectivity index (χ3n) is 2.21. The lowest BCUT2D eigenvalue weighted by atomic mass is 10.0. The Morgan fingerprint density at radius 2 is 2.22 bits per heavy atom. The molecule has 2 atom stereocenters. The Bertz CT molecular complexity index is 78.6. The van der Waals surface area contributed by atoms with E-state index in [9.17, 15) is 0 Å². The third kappa shape index (κ3) is 1.98.